The van der Waals surface area contributed by atoms with Crippen LogP contribution in [-0.2, 0) is 29.4 Å². The number of aromatic nitrogens is 2. The highest BCUT2D eigenvalue weighted by atomic mass is 35.5. The number of ether oxygens (including phenoxy) is 1. The Morgan fingerprint density at radius 3 is 2.60 bits per heavy atom. The molecular weight excluding hydrogens is 297 g/mol. The normalized spacial score (nSPS) is 11.9. The summed E-state index contributed by atoms with van der Waals surface area (Å²) in [6.07, 6.45) is -3.77. The van der Waals surface area contributed by atoms with Gasteiger partial charge in [0.15, 0.2) is 0 Å². The third-order valence-electron chi connectivity index (χ3n) is 2.66. The van der Waals surface area contributed by atoms with Crippen LogP contribution < -0.4 is 0 Å². The number of hydrogen-bond donors (Lipinski definition) is 0. The quantitative estimate of drug-likeness (QED) is 0.727. The van der Waals surface area contributed by atoms with Crippen molar-refractivity contribution in [2.75, 3.05) is 13.2 Å². The Morgan fingerprint density at radius 2 is 2.10 bits per heavy atom. The maximum Gasteiger partial charge on any atom is 0.411 e. The highest BCUT2D eigenvalue weighted by molar-refractivity contribution is 6.32. The number of nitrogens with zero attached hydrogens (tertiary/aromatic N) is 2. The second-order valence-corrected chi connectivity index (χ2v) is 4.70. The molecule has 0 unspecified atom stereocenters. The topological polar surface area (TPSA) is 44.1 Å². The van der Waals surface area contributed by atoms with Crippen molar-refractivity contribution >= 4 is 17.4 Å². The number of hydrogen-bond acceptors (Lipinski definition) is 3. The summed E-state index contributed by atoms with van der Waals surface area (Å²) < 4.78 is 41.4. The molecule has 0 radical (unpaired) electrons. The Morgan fingerprint density at radius 1 is 1.45 bits per heavy atom. The van der Waals surface area contributed by atoms with E-state index in [1.165, 1.54) is 4.68 Å². The van der Waals surface area contributed by atoms with E-state index in [4.69, 9.17) is 11.6 Å². The second-order valence-electron chi connectivity index (χ2n) is 4.32. The zero-order valence-electron chi connectivity index (χ0n) is 11.3. The molecule has 0 N–H and O–H groups in total. The first-order chi connectivity index (χ1) is 9.24. The van der Waals surface area contributed by atoms with Gasteiger partial charge >= 0.3 is 6.18 Å². The number of carbonyl (C=O) groups excluding carboxylic acids is 1. The van der Waals surface area contributed by atoms with E-state index < -0.39 is 12.8 Å². The van der Waals surface area contributed by atoms with E-state index >= 15 is 0 Å². The molecular formula is C12H16ClF3N2O2. The van der Waals surface area contributed by atoms with Gasteiger partial charge in [0, 0.05) is 19.9 Å². The van der Waals surface area contributed by atoms with Gasteiger partial charge in [-0.3, -0.25) is 9.48 Å². The molecule has 8 heteroatoms. The fraction of sp³-hybridized carbons (Fsp3) is 0.667. The highest BCUT2D eigenvalue weighted by Crippen LogP contribution is 2.21. The van der Waals surface area contributed by atoms with Gasteiger partial charge in [0.2, 0.25) is 0 Å². The number of Topliss-reactive ketones (excluding diaryl/α,β-unsaturated/α-hetero) is 1. The lowest BCUT2D eigenvalue weighted by molar-refractivity contribution is -0.174. The number of aryl methyl sites for hydroxylation is 2. The third kappa shape index (κ3) is 5.13. The summed E-state index contributed by atoms with van der Waals surface area (Å²) in [6, 6.07) is 0. The Balaban J connectivity index is 2.45. The first kappa shape index (κ1) is 17.0. The number of ketones is 1. The van der Waals surface area contributed by atoms with Crippen LogP contribution in [0, 0.1) is 0 Å². The molecule has 0 aromatic carbocycles. The van der Waals surface area contributed by atoms with Crippen molar-refractivity contribution < 1.29 is 22.7 Å². The van der Waals surface area contributed by atoms with Gasteiger partial charge in [-0.05, 0) is 6.42 Å². The predicted molar refractivity (Wildman–Crippen MR) is 67.8 cm³/mol. The SMILES string of the molecule is CCc1nn(C)c(CC(=O)CCOCC(F)(F)F)c1Cl. The molecule has 20 heavy (non-hydrogen) atoms. The average molecular weight is 313 g/mol. The zero-order chi connectivity index (χ0) is 15.3. The van der Waals surface area contributed by atoms with E-state index in [-0.39, 0.29) is 25.2 Å². The van der Waals surface area contributed by atoms with Crippen LogP contribution in [0.25, 0.3) is 0 Å². The van der Waals surface area contributed by atoms with Crippen LogP contribution in [-0.4, -0.2) is 35.0 Å². The molecule has 1 aromatic heterocycles. The predicted octanol–water partition coefficient (Wildman–Crippen LogP) is 2.72. The van der Waals surface area contributed by atoms with E-state index in [1.807, 2.05) is 6.92 Å². The molecule has 0 saturated heterocycles. The summed E-state index contributed by atoms with van der Waals surface area (Å²) >= 11 is 6.08. The highest BCUT2D eigenvalue weighted by Gasteiger charge is 2.27. The van der Waals surface area contributed by atoms with Crippen LogP contribution in [0.4, 0.5) is 13.2 Å². The molecule has 4 nitrogen and oxygen atoms in total. The molecule has 0 aliphatic carbocycles. The molecule has 0 amide bonds. The lowest BCUT2D eigenvalue weighted by atomic mass is 10.1. The van der Waals surface area contributed by atoms with Gasteiger partial charge in [0.25, 0.3) is 0 Å². The van der Waals surface area contributed by atoms with Gasteiger partial charge in [-0.25, -0.2) is 0 Å². The van der Waals surface area contributed by atoms with E-state index in [2.05, 4.69) is 9.84 Å². The minimum absolute atomic E-state index is 0.0394. The van der Waals surface area contributed by atoms with Gasteiger partial charge in [0.1, 0.15) is 12.4 Å². The molecule has 0 aliphatic heterocycles. The standard InChI is InChI=1S/C12H16ClF3N2O2/c1-3-9-11(13)10(18(2)17-9)6-8(19)4-5-20-7-12(14,15)16/h3-7H2,1-2H3. The maximum absolute atomic E-state index is 11.8. The van der Waals surface area contributed by atoms with Crippen molar-refractivity contribution in [2.24, 2.45) is 7.05 Å². The van der Waals surface area contributed by atoms with E-state index in [0.717, 1.165) is 0 Å². The van der Waals surface area contributed by atoms with Gasteiger partial charge in [-0.15, -0.1) is 0 Å². The fourth-order valence-corrected chi connectivity index (χ4v) is 2.02. The van der Waals surface area contributed by atoms with Crippen LogP contribution in [0.5, 0.6) is 0 Å². The molecule has 0 aliphatic rings. The largest absolute Gasteiger partial charge is 0.411 e. The van der Waals surface area contributed by atoms with Crippen molar-refractivity contribution in [1.82, 2.24) is 9.78 Å². The summed E-state index contributed by atoms with van der Waals surface area (Å²) in [5.74, 6) is -0.236. The smallest absolute Gasteiger partial charge is 0.372 e. The molecule has 114 valence electrons. The monoisotopic (exact) mass is 312 g/mol. The summed E-state index contributed by atoms with van der Waals surface area (Å²) in [4.78, 5) is 11.7. The van der Waals surface area contributed by atoms with E-state index in [1.54, 1.807) is 7.05 Å². The van der Waals surface area contributed by atoms with Crippen molar-refractivity contribution in [3.63, 3.8) is 0 Å². The Hall–Kier alpha value is -1.08. The van der Waals surface area contributed by atoms with Crippen LogP contribution in [0.3, 0.4) is 0 Å². The van der Waals surface area contributed by atoms with Gasteiger partial charge in [-0.2, -0.15) is 18.3 Å². The van der Waals surface area contributed by atoms with Gasteiger partial charge < -0.3 is 4.74 Å². The summed E-state index contributed by atoms with van der Waals surface area (Å²) in [7, 11) is 1.67. The van der Waals surface area contributed by atoms with E-state index in [9.17, 15) is 18.0 Å². The van der Waals surface area contributed by atoms with Crippen LogP contribution in [0.2, 0.25) is 5.02 Å². The van der Waals surface area contributed by atoms with Gasteiger partial charge in [0.05, 0.1) is 23.0 Å². The Bertz CT molecular complexity index is 472. The summed E-state index contributed by atoms with van der Waals surface area (Å²) in [5.41, 5.74) is 1.27. The molecule has 0 fully saturated rings. The van der Waals surface area contributed by atoms with Gasteiger partial charge in [-0.1, -0.05) is 18.5 Å². The minimum atomic E-state index is -4.37. The first-order valence-corrected chi connectivity index (χ1v) is 6.48. The molecule has 0 saturated carbocycles. The Labute approximate surface area is 119 Å². The van der Waals surface area contributed by atoms with Crippen LogP contribution >= 0.6 is 11.6 Å². The molecule has 1 heterocycles. The van der Waals surface area contributed by atoms with Crippen LogP contribution in [0.15, 0.2) is 0 Å². The number of carbonyl (C=O) groups is 1. The van der Waals surface area contributed by atoms with E-state index in [0.29, 0.717) is 22.8 Å². The molecule has 0 atom stereocenters. The number of rotatable bonds is 7. The van der Waals surface area contributed by atoms with Crippen LogP contribution in [0.1, 0.15) is 24.7 Å². The number of alkyl halides is 3. The zero-order valence-corrected chi connectivity index (χ0v) is 12.0. The number of halogens is 4. The molecule has 1 aromatic rings. The minimum Gasteiger partial charge on any atom is -0.372 e. The van der Waals surface area contributed by atoms with Crippen molar-refractivity contribution in [1.29, 1.82) is 0 Å². The fourth-order valence-electron chi connectivity index (χ4n) is 1.66. The summed E-state index contributed by atoms with van der Waals surface area (Å²) in [5, 5.41) is 4.61. The molecule has 0 bridgehead atoms. The lowest BCUT2D eigenvalue weighted by Crippen LogP contribution is -2.19. The van der Waals surface area contributed by atoms with Crippen molar-refractivity contribution in [3.05, 3.63) is 16.4 Å². The van der Waals surface area contributed by atoms with Crippen molar-refractivity contribution in [2.45, 2.75) is 32.4 Å². The average Bonchev–Trinajstić information content (AvgIpc) is 2.61. The second kappa shape index (κ2) is 7.08. The molecule has 0 spiro atoms. The Kier molecular flexibility index (Phi) is 6.01. The van der Waals surface area contributed by atoms with Crippen molar-refractivity contribution in [3.8, 4) is 0 Å². The lowest BCUT2D eigenvalue weighted by Gasteiger charge is -2.07. The summed E-state index contributed by atoms with van der Waals surface area (Å²) in [6.45, 7) is 0.298. The molecule has 1 rings (SSSR count). The first-order valence-electron chi connectivity index (χ1n) is 6.11. The maximum atomic E-state index is 11.8. The third-order valence-corrected chi connectivity index (χ3v) is 3.09.